The molecule has 16 heavy (non-hydrogen) atoms. The molecule has 1 unspecified atom stereocenters. The second kappa shape index (κ2) is 5.43. The molecule has 4 N–H and O–H groups in total. The Labute approximate surface area is 92.7 Å². The minimum atomic E-state index is -3.63. The Morgan fingerprint density at radius 1 is 1.38 bits per heavy atom. The van der Waals surface area contributed by atoms with Crippen molar-refractivity contribution < 1.29 is 35.0 Å². The number of carboxylic acid groups (broad SMARTS) is 2. The van der Waals surface area contributed by atoms with Crippen LogP contribution in [0.2, 0.25) is 0 Å². The van der Waals surface area contributed by atoms with Gasteiger partial charge in [0, 0.05) is 24.7 Å². The Morgan fingerprint density at radius 3 is 2.25 bits per heavy atom. The van der Waals surface area contributed by atoms with Crippen LogP contribution < -0.4 is 15.9 Å². The fourth-order valence-electron chi connectivity index (χ4n) is 0.901. The van der Waals surface area contributed by atoms with Gasteiger partial charge in [0.15, 0.2) is 0 Å². The lowest BCUT2D eigenvalue weighted by atomic mass is 10.0. The first-order valence-corrected chi connectivity index (χ1v) is 6.67. The average molecular weight is 252 g/mol. The minimum Gasteiger partial charge on any atom is -0.550 e. The Bertz CT molecular complexity index is 326. The maximum Gasteiger partial charge on any atom is 0.201 e. The molecule has 8 heteroatoms. The topological polar surface area (TPSA) is 145 Å². The van der Waals surface area contributed by atoms with Crippen molar-refractivity contribution in [2.75, 3.05) is 12.3 Å². The number of hydrogen-bond donors (Lipinski definition) is 2. The van der Waals surface area contributed by atoms with Crippen LogP contribution in [0.3, 0.4) is 0 Å². The van der Waals surface area contributed by atoms with E-state index in [0.29, 0.717) is 0 Å². The molecule has 0 rings (SSSR count). The number of quaternary nitrogens is 1. The number of carbonyl (C=O) groups excluding carboxylic acids is 2. The van der Waals surface area contributed by atoms with Gasteiger partial charge in [0.25, 0.3) is 0 Å². The number of rotatable bonds is 7. The zero-order valence-corrected chi connectivity index (χ0v) is 9.87. The van der Waals surface area contributed by atoms with Gasteiger partial charge in [-0.15, -0.1) is 0 Å². The molecule has 7 nitrogen and oxygen atoms in total. The van der Waals surface area contributed by atoms with Crippen molar-refractivity contribution in [1.29, 1.82) is 0 Å². The molecule has 0 saturated heterocycles. The van der Waals surface area contributed by atoms with Gasteiger partial charge < -0.3 is 30.4 Å². The molecule has 0 fully saturated rings. The molecule has 0 heterocycles. The fourth-order valence-corrected chi connectivity index (χ4v) is 2.50. The summed E-state index contributed by atoms with van der Waals surface area (Å²) in [6, 6.07) is 0. The monoisotopic (exact) mass is 252 g/mol. The fraction of sp³-hybridized carbons (Fsp3) is 0.750. The van der Waals surface area contributed by atoms with Crippen molar-refractivity contribution in [1.82, 2.24) is 0 Å². The van der Waals surface area contributed by atoms with Gasteiger partial charge >= 0.3 is 0 Å². The van der Waals surface area contributed by atoms with E-state index in [2.05, 4.69) is 5.73 Å². The molecule has 2 atom stereocenters. The number of carbonyl (C=O) groups is 2. The van der Waals surface area contributed by atoms with Crippen molar-refractivity contribution in [3.05, 3.63) is 0 Å². The molecule has 0 spiro atoms. The molecule has 0 radical (unpaired) electrons. The molecule has 0 aromatic rings. The number of hydrogen-bond acceptors (Lipinski definition) is 5. The highest BCUT2D eigenvalue weighted by Crippen LogP contribution is 2.42. The van der Waals surface area contributed by atoms with E-state index in [1.54, 1.807) is 0 Å². The van der Waals surface area contributed by atoms with Crippen molar-refractivity contribution in [3.63, 3.8) is 0 Å². The summed E-state index contributed by atoms with van der Waals surface area (Å²) < 4.78 is 11.4. The first-order chi connectivity index (χ1) is 7.07. The maximum atomic E-state index is 11.4. The molecule has 0 aliphatic carbocycles. The molecule has 0 bridgehead atoms. The van der Waals surface area contributed by atoms with Crippen molar-refractivity contribution in [2.45, 2.75) is 25.3 Å². The van der Waals surface area contributed by atoms with Crippen LogP contribution >= 0.6 is 7.37 Å². The number of aliphatic carboxylic acids is 2. The third kappa shape index (κ3) is 5.85. The number of carboxylic acids is 2. The molecular weight excluding hydrogens is 237 g/mol. The third-order valence-electron chi connectivity index (χ3n) is 2.17. The first-order valence-electron chi connectivity index (χ1n) is 4.64. The Balaban J connectivity index is 4.23. The highest BCUT2D eigenvalue weighted by atomic mass is 31.2. The van der Waals surface area contributed by atoms with Crippen LogP contribution in [0.4, 0.5) is 0 Å². The van der Waals surface area contributed by atoms with Crippen molar-refractivity contribution >= 4 is 19.3 Å². The van der Waals surface area contributed by atoms with E-state index in [-0.39, 0.29) is 12.6 Å². The van der Waals surface area contributed by atoms with Crippen molar-refractivity contribution in [2.24, 2.45) is 0 Å². The Morgan fingerprint density at radius 2 is 1.88 bits per heavy atom. The van der Waals surface area contributed by atoms with Gasteiger partial charge in [0.1, 0.15) is 11.5 Å². The van der Waals surface area contributed by atoms with E-state index in [4.69, 9.17) is 0 Å². The highest BCUT2D eigenvalue weighted by Gasteiger charge is 2.29. The quantitative estimate of drug-likeness (QED) is 0.450. The molecule has 94 valence electrons. The largest absolute Gasteiger partial charge is 0.550 e. The summed E-state index contributed by atoms with van der Waals surface area (Å²) in [4.78, 5) is 30.0. The predicted molar refractivity (Wildman–Crippen MR) is 50.1 cm³/mol. The van der Waals surface area contributed by atoms with Gasteiger partial charge in [0.05, 0.1) is 0 Å². The standard InChI is InChI=1S/C8H16NO6P/c1-8(9,7(12)13)3-5-16(14,15)4-2-6(10)11/h2-5,9H2,1H3,(H,10,11)(H,12,13)(H,14,15)/p-1/t8-/m0/s1. The Hall–Kier alpha value is -0.910. The minimum absolute atomic E-state index is 0.143. The van der Waals surface area contributed by atoms with Gasteiger partial charge in [-0.1, -0.05) is 0 Å². The van der Waals surface area contributed by atoms with Crippen LogP contribution in [-0.4, -0.2) is 34.7 Å². The van der Waals surface area contributed by atoms with E-state index in [0.717, 1.165) is 0 Å². The lowest BCUT2D eigenvalue weighted by Crippen LogP contribution is -2.78. The smallest absolute Gasteiger partial charge is 0.201 e. The van der Waals surface area contributed by atoms with Crippen LogP contribution in [-0.2, 0) is 14.2 Å². The summed E-state index contributed by atoms with van der Waals surface area (Å²) in [7, 11) is -3.63. The first kappa shape index (κ1) is 15.1. The third-order valence-corrected chi connectivity index (χ3v) is 4.02. The molecule has 0 aliphatic heterocycles. The van der Waals surface area contributed by atoms with Gasteiger partial charge in [0.2, 0.25) is 7.37 Å². The second-order valence-corrected chi connectivity index (χ2v) is 6.60. The van der Waals surface area contributed by atoms with E-state index in [9.17, 15) is 29.3 Å². The Kier molecular flexibility index (Phi) is 5.12. The predicted octanol–water partition coefficient (Wildman–Crippen LogP) is -3.46. The second-order valence-electron chi connectivity index (χ2n) is 4.01. The summed E-state index contributed by atoms with van der Waals surface area (Å²) >= 11 is 0. The summed E-state index contributed by atoms with van der Waals surface area (Å²) in [5.41, 5.74) is 1.90. The lowest BCUT2D eigenvalue weighted by Gasteiger charge is -2.23. The van der Waals surface area contributed by atoms with Gasteiger partial charge in [-0.05, 0) is 13.3 Å². The summed E-state index contributed by atoms with van der Waals surface area (Å²) in [6.07, 6.45) is -1.38. The SMILES string of the molecule is C[C@]([NH3+])(CCP(=O)(O)CCC(=O)[O-])C(=O)[O-]. The molecule has 0 aromatic carbocycles. The lowest BCUT2D eigenvalue weighted by molar-refractivity contribution is -0.481. The van der Waals surface area contributed by atoms with E-state index < -0.39 is 37.4 Å². The normalized spacial score (nSPS) is 18.4. The van der Waals surface area contributed by atoms with Crippen LogP contribution in [0.1, 0.15) is 19.8 Å². The van der Waals surface area contributed by atoms with Crippen LogP contribution in [0.25, 0.3) is 0 Å². The van der Waals surface area contributed by atoms with Crippen molar-refractivity contribution in [3.8, 4) is 0 Å². The average Bonchev–Trinajstić information content (AvgIpc) is 2.12. The molecule has 0 aliphatic rings. The van der Waals surface area contributed by atoms with Gasteiger partial charge in [-0.3, -0.25) is 4.57 Å². The highest BCUT2D eigenvalue weighted by molar-refractivity contribution is 7.58. The van der Waals surface area contributed by atoms with Crippen LogP contribution in [0.5, 0.6) is 0 Å². The van der Waals surface area contributed by atoms with E-state index in [1.165, 1.54) is 6.92 Å². The maximum absolute atomic E-state index is 11.4. The van der Waals surface area contributed by atoms with Gasteiger partial charge in [-0.2, -0.15) is 0 Å². The van der Waals surface area contributed by atoms with Crippen LogP contribution in [0.15, 0.2) is 0 Å². The van der Waals surface area contributed by atoms with Gasteiger partial charge in [-0.25, -0.2) is 0 Å². The summed E-state index contributed by atoms with van der Waals surface area (Å²) in [6.45, 7) is 1.28. The molecule has 0 saturated carbocycles. The summed E-state index contributed by atoms with van der Waals surface area (Å²) in [5, 5.41) is 20.7. The zero-order chi connectivity index (χ0) is 13.0. The molecule has 0 aromatic heterocycles. The zero-order valence-electron chi connectivity index (χ0n) is 8.97. The summed E-state index contributed by atoms with van der Waals surface area (Å²) in [5.74, 6) is -2.82. The van der Waals surface area contributed by atoms with E-state index in [1.807, 2.05) is 0 Å². The van der Waals surface area contributed by atoms with Crippen LogP contribution in [0, 0.1) is 0 Å². The molecule has 0 amide bonds. The van der Waals surface area contributed by atoms with E-state index >= 15 is 0 Å². The molecular formula is C8H15NO6P-.